The summed E-state index contributed by atoms with van der Waals surface area (Å²) >= 11 is 5.87. The number of halogens is 2. The van der Waals surface area contributed by atoms with Crippen molar-refractivity contribution in [2.45, 2.75) is 11.8 Å². The van der Waals surface area contributed by atoms with Crippen LogP contribution in [0.25, 0.3) is 0 Å². The lowest BCUT2D eigenvalue weighted by Gasteiger charge is -2.16. The van der Waals surface area contributed by atoms with Gasteiger partial charge in [0.15, 0.2) is 0 Å². The number of carbonyl (C=O) groups is 1. The van der Waals surface area contributed by atoms with E-state index in [1.54, 1.807) is 0 Å². The van der Waals surface area contributed by atoms with Crippen molar-refractivity contribution in [1.82, 2.24) is 4.90 Å². The van der Waals surface area contributed by atoms with E-state index < -0.39 is 11.7 Å². The Morgan fingerprint density at radius 3 is 2.88 bits per heavy atom. The molecule has 1 aromatic rings. The maximum atomic E-state index is 13.4. The Bertz CT molecular complexity index is 404. The van der Waals surface area contributed by atoms with Gasteiger partial charge in [0.2, 0.25) is 0 Å². The molecule has 3 nitrogen and oxygen atoms in total. The highest BCUT2D eigenvalue weighted by Gasteiger charge is 2.28. The minimum Gasteiger partial charge on any atom is -0.507 e. The average molecular weight is 244 g/mol. The Balaban J connectivity index is 2.27. The number of likely N-dealkylation sites (tertiary alicyclic amines) is 1. The van der Waals surface area contributed by atoms with E-state index >= 15 is 0 Å². The number of hydrogen-bond acceptors (Lipinski definition) is 2. The third-order valence-corrected chi connectivity index (χ3v) is 2.98. The van der Waals surface area contributed by atoms with Crippen LogP contribution in [0.5, 0.6) is 5.75 Å². The van der Waals surface area contributed by atoms with E-state index in [-0.39, 0.29) is 16.7 Å². The highest BCUT2D eigenvalue weighted by atomic mass is 35.5. The van der Waals surface area contributed by atoms with Gasteiger partial charge in [0, 0.05) is 13.1 Å². The SMILES string of the molecule is O=C(c1c(O)cccc1F)N1CCC(Cl)C1. The second-order valence-corrected chi connectivity index (χ2v) is 4.39. The second kappa shape index (κ2) is 4.29. The predicted octanol–water partition coefficient (Wildman–Crippen LogP) is 1.98. The third-order valence-electron chi connectivity index (χ3n) is 2.62. The van der Waals surface area contributed by atoms with Crippen LogP contribution in [0, 0.1) is 5.82 Å². The zero-order chi connectivity index (χ0) is 11.7. The molecule has 1 unspecified atom stereocenters. The fraction of sp³-hybridized carbons (Fsp3) is 0.364. The molecule has 0 aromatic heterocycles. The van der Waals surface area contributed by atoms with Crippen molar-refractivity contribution in [2.75, 3.05) is 13.1 Å². The van der Waals surface area contributed by atoms with Crippen molar-refractivity contribution >= 4 is 17.5 Å². The number of amides is 1. The summed E-state index contributed by atoms with van der Waals surface area (Å²) in [5.74, 6) is -1.54. The van der Waals surface area contributed by atoms with E-state index in [2.05, 4.69) is 0 Å². The lowest BCUT2D eigenvalue weighted by Crippen LogP contribution is -2.29. The normalized spacial score (nSPS) is 20.1. The average Bonchev–Trinajstić information content (AvgIpc) is 2.64. The minimum absolute atomic E-state index is 0.0853. The summed E-state index contributed by atoms with van der Waals surface area (Å²) in [7, 11) is 0. The molecule has 1 fully saturated rings. The fourth-order valence-electron chi connectivity index (χ4n) is 1.78. The van der Waals surface area contributed by atoms with Gasteiger partial charge in [-0.3, -0.25) is 4.79 Å². The number of benzene rings is 1. The van der Waals surface area contributed by atoms with Crippen molar-refractivity contribution in [3.63, 3.8) is 0 Å². The van der Waals surface area contributed by atoms with Crippen LogP contribution in [0.4, 0.5) is 4.39 Å². The standard InChI is InChI=1S/C11H11ClFNO2/c12-7-4-5-14(6-7)11(16)10-8(13)2-1-3-9(10)15/h1-3,7,15H,4-6H2. The zero-order valence-corrected chi connectivity index (χ0v) is 9.25. The maximum Gasteiger partial charge on any atom is 0.260 e. The van der Waals surface area contributed by atoms with Crippen molar-refractivity contribution in [2.24, 2.45) is 0 Å². The molecule has 0 aliphatic carbocycles. The quantitative estimate of drug-likeness (QED) is 0.767. The first-order chi connectivity index (χ1) is 7.59. The first-order valence-electron chi connectivity index (χ1n) is 5.00. The van der Waals surface area contributed by atoms with Gasteiger partial charge in [0.25, 0.3) is 5.91 Å². The van der Waals surface area contributed by atoms with Gasteiger partial charge >= 0.3 is 0 Å². The van der Waals surface area contributed by atoms with Crippen molar-refractivity contribution in [1.29, 1.82) is 0 Å². The number of phenols is 1. The van der Waals surface area contributed by atoms with Gasteiger partial charge in [-0.25, -0.2) is 4.39 Å². The molecule has 1 N–H and O–H groups in total. The number of aromatic hydroxyl groups is 1. The van der Waals surface area contributed by atoms with Crippen molar-refractivity contribution in [3.8, 4) is 5.75 Å². The summed E-state index contributed by atoms with van der Waals surface area (Å²) in [5.41, 5.74) is -0.270. The Morgan fingerprint density at radius 2 is 2.31 bits per heavy atom. The van der Waals surface area contributed by atoms with E-state index in [4.69, 9.17) is 11.6 Å². The highest BCUT2D eigenvalue weighted by Crippen LogP contribution is 2.24. The molecule has 5 heteroatoms. The van der Waals surface area contributed by atoms with Crippen LogP contribution in [0.1, 0.15) is 16.8 Å². The number of alkyl halides is 1. The summed E-state index contributed by atoms with van der Waals surface area (Å²) in [6.07, 6.45) is 0.697. The van der Waals surface area contributed by atoms with Crippen molar-refractivity contribution in [3.05, 3.63) is 29.6 Å². The molecule has 1 heterocycles. The number of hydrogen-bond donors (Lipinski definition) is 1. The van der Waals surface area contributed by atoms with Gasteiger partial charge in [0.05, 0.1) is 5.38 Å². The minimum atomic E-state index is -0.706. The second-order valence-electron chi connectivity index (χ2n) is 3.77. The predicted molar refractivity (Wildman–Crippen MR) is 58.2 cm³/mol. The number of carbonyl (C=O) groups excluding carboxylic acids is 1. The smallest absolute Gasteiger partial charge is 0.260 e. The van der Waals surface area contributed by atoms with Gasteiger partial charge in [0.1, 0.15) is 17.1 Å². The van der Waals surface area contributed by atoms with Gasteiger partial charge < -0.3 is 10.0 Å². The van der Waals surface area contributed by atoms with E-state index in [1.807, 2.05) is 0 Å². The van der Waals surface area contributed by atoms with Gasteiger partial charge in [-0.15, -0.1) is 11.6 Å². The Kier molecular flexibility index (Phi) is 3.01. The lowest BCUT2D eigenvalue weighted by molar-refractivity contribution is 0.0785. The summed E-state index contributed by atoms with van der Waals surface area (Å²) in [6, 6.07) is 3.81. The van der Waals surface area contributed by atoms with Gasteiger partial charge in [-0.2, -0.15) is 0 Å². The fourth-order valence-corrected chi connectivity index (χ4v) is 2.05. The molecule has 0 saturated carbocycles. The van der Waals surface area contributed by atoms with E-state index in [0.29, 0.717) is 19.5 Å². The topological polar surface area (TPSA) is 40.5 Å². The Labute approximate surface area is 97.4 Å². The molecule has 1 aromatic carbocycles. The van der Waals surface area contributed by atoms with Crippen LogP contribution < -0.4 is 0 Å². The molecule has 1 amide bonds. The lowest BCUT2D eigenvalue weighted by atomic mass is 10.1. The molecule has 16 heavy (non-hydrogen) atoms. The molecular formula is C11H11ClFNO2. The summed E-state index contributed by atoms with van der Waals surface area (Å²) < 4.78 is 13.4. The number of nitrogens with zero attached hydrogens (tertiary/aromatic N) is 1. The van der Waals surface area contributed by atoms with E-state index in [0.717, 1.165) is 6.07 Å². The van der Waals surface area contributed by atoms with Crippen molar-refractivity contribution < 1.29 is 14.3 Å². The first-order valence-corrected chi connectivity index (χ1v) is 5.44. The summed E-state index contributed by atoms with van der Waals surface area (Å²) in [5, 5.41) is 9.38. The molecule has 1 atom stereocenters. The highest BCUT2D eigenvalue weighted by molar-refractivity contribution is 6.21. The molecule has 0 radical (unpaired) electrons. The van der Waals surface area contributed by atoms with E-state index in [9.17, 15) is 14.3 Å². The molecular weight excluding hydrogens is 233 g/mol. The molecule has 1 aliphatic heterocycles. The zero-order valence-electron chi connectivity index (χ0n) is 8.49. The molecule has 0 spiro atoms. The molecule has 86 valence electrons. The van der Waals surface area contributed by atoms with Gasteiger partial charge in [-0.05, 0) is 18.6 Å². The maximum absolute atomic E-state index is 13.4. The number of phenolic OH excluding ortho intramolecular Hbond substituents is 1. The first kappa shape index (κ1) is 11.2. The Morgan fingerprint density at radius 1 is 1.56 bits per heavy atom. The largest absolute Gasteiger partial charge is 0.507 e. The van der Waals surface area contributed by atoms with E-state index in [1.165, 1.54) is 17.0 Å². The molecule has 1 saturated heterocycles. The summed E-state index contributed by atoms with van der Waals surface area (Å²) in [4.78, 5) is 13.4. The van der Waals surface area contributed by atoms with Crippen LogP contribution in [0.3, 0.4) is 0 Å². The summed E-state index contributed by atoms with van der Waals surface area (Å²) in [6.45, 7) is 0.898. The van der Waals surface area contributed by atoms with Crippen LogP contribution in [0.2, 0.25) is 0 Å². The van der Waals surface area contributed by atoms with Crippen LogP contribution in [-0.4, -0.2) is 34.4 Å². The van der Waals surface area contributed by atoms with Crippen LogP contribution in [0.15, 0.2) is 18.2 Å². The monoisotopic (exact) mass is 243 g/mol. The molecule has 2 rings (SSSR count). The third kappa shape index (κ3) is 1.97. The molecule has 0 bridgehead atoms. The van der Waals surface area contributed by atoms with Gasteiger partial charge in [-0.1, -0.05) is 6.07 Å². The molecule has 1 aliphatic rings. The number of rotatable bonds is 1. The van der Waals surface area contributed by atoms with Crippen LogP contribution >= 0.6 is 11.6 Å². The Hall–Kier alpha value is -1.29. The van der Waals surface area contributed by atoms with Crippen LogP contribution in [-0.2, 0) is 0 Å².